The highest BCUT2D eigenvalue weighted by Crippen LogP contribution is 2.37. The number of rotatable bonds is 11. The first-order valence-electron chi connectivity index (χ1n) is 9.80. The molecule has 0 heterocycles. The van der Waals surface area contributed by atoms with Gasteiger partial charge in [0, 0.05) is 11.8 Å². The van der Waals surface area contributed by atoms with E-state index in [0.29, 0.717) is 53.0 Å². The number of halogens is 1. The van der Waals surface area contributed by atoms with Crippen LogP contribution in [0.3, 0.4) is 0 Å². The van der Waals surface area contributed by atoms with Crippen LogP contribution in [-0.2, 0) is 9.53 Å². The lowest BCUT2D eigenvalue weighted by Crippen LogP contribution is -2.21. The maximum atomic E-state index is 12.4. The number of hydrogen-bond acceptors (Lipinski definition) is 7. The van der Waals surface area contributed by atoms with E-state index in [0.717, 1.165) is 0 Å². The summed E-state index contributed by atoms with van der Waals surface area (Å²) in [5.74, 6) is 0.815. The zero-order valence-electron chi connectivity index (χ0n) is 18.0. The van der Waals surface area contributed by atoms with Gasteiger partial charge < -0.3 is 29.0 Å². The predicted molar refractivity (Wildman–Crippen MR) is 120 cm³/mol. The standard InChI is InChI=1S/C22H26BrNO7/c1-5-28-17-9-8-15(12-18(17)29-6-2)24-20(25)13-31-22(26)14-10-16(23)21(30-7-3)19(11-14)27-4/h8-12H,5-7,13H2,1-4H3,(H,24,25). The van der Waals surface area contributed by atoms with Crippen LogP contribution in [0.25, 0.3) is 0 Å². The van der Waals surface area contributed by atoms with Gasteiger partial charge in [-0.1, -0.05) is 0 Å². The summed E-state index contributed by atoms with van der Waals surface area (Å²) in [5, 5.41) is 2.67. The molecule has 0 aliphatic carbocycles. The fourth-order valence-corrected chi connectivity index (χ4v) is 3.22. The van der Waals surface area contributed by atoms with Crippen molar-refractivity contribution < 1.29 is 33.3 Å². The molecule has 1 N–H and O–H groups in total. The van der Waals surface area contributed by atoms with E-state index in [-0.39, 0.29) is 5.56 Å². The molecular weight excluding hydrogens is 470 g/mol. The van der Waals surface area contributed by atoms with E-state index in [2.05, 4.69) is 21.2 Å². The Hall–Kier alpha value is -2.94. The molecule has 0 spiro atoms. The fourth-order valence-electron chi connectivity index (χ4n) is 2.66. The normalized spacial score (nSPS) is 10.2. The molecule has 0 radical (unpaired) electrons. The third kappa shape index (κ3) is 6.78. The van der Waals surface area contributed by atoms with Crippen LogP contribution in [0, 0.1) is 0 Å². The Morgan fingerprint density at radius 3 is 2.23 bits per heavy atom. The SMILES string of the molecule is CCOc1ccc(NC(=O)COC(=O)c2cc(Br)c(OCC)c(OC)c2)cc1OCC. The summed E-state index contributed by atoms with van der Waals surface area (Å²) in [4.78, 5) is 24.6. The zero-order chi connectivity index (χ0) is 22.8. The monoisotopic (exact) mass is 495 g/mol. The number of nitrogens with one attached hydrogen (secondary N) is 1. The Morgan fingerprint density at radius 1 is 0.903 bits per heavy atom. The smallest absolute Gasteiger partial charge is 0.338 e. The molecule has 2 aromatic carbocycles. The Balaban J connectivity index is 2.02. The van der Waals surface area contributed by atoms with Crippen LogP contribution in [0.15, 0.2) is 34.8 Å². The summed E-state index contributed by atoms with van der Waals surface area (Å²) in [6.07, 6.45) is 0. The summed E-state index contributed by atoms with van der Waals surface area (Å²) < 4.78 is 27.5. The lowest BCUT2D eigenvalue weighted by atomic mass is 10.2. The average Bonchev–Trinajstić information content (AvgIpc) is 2.75. The second kappa shape index (κ2) is 12.0. The largest absolute Gasteiger partial charge is 0.493 e. The number of esters is 1. The second-order valence-corrected chi connectivity index (χ2v) is 6.93. The molecule has 2 aromatic rings. The van der Waals surface area contributed by atoms with Gasteiger partial charge in [0.25, 0.3) is 5.91 Å². The first-order chi connectivity index (χ1) is 14.9. The molecule has 0 unspecified atom stereocenters. The van der Waals surface area contributed by atoms with Crippen LogP contribution in [0.1, 0.15) is 31.1 Å². The Bertz CT molecular complexity index is 917. The molecule has 0 saturated carbocycles. The van der Waals surface area contributed by atoms with Crippen molar-refractivity contribution in [1.82, 2.24) is 0 Å². The molecule has 2 rings (SSSR count). The van der Waals surface area contributed by atoms with E-state index in [9.17, 15) is 9.59 Å². The van der Waals surface area contributed by atoms with Crippen molar-refractivity contribution in [2.24, 2.45) is 0 Å². The second-order valence-electron chi connectivity index (χ2n) is 6.07. The number of benzene rings is 2. The Labute approximate surface area is 189 Å². The summed E-state index contributed by atoms with van der Waals surface area (Å²) in [5.41, 5.74) is 0.720. The number of hydrogen-bond donors (Lipinski definition) is 1. The molecule has 8 nitrogen and oxygen atoms in total. The molecule has 9 heteroatoms. The zero-order valence-corrected chi connectivity index (χ0v) is 19.5. The van der Waals surface area contributed by atoms with Gasteiger partial charge in [-0.3, -0.25) is 4.79 Å². The fraction of sp³-hybridized carbons (Fsp3) is 0.364. The highest BCUT2D eigenvalue weighted by atomic mass is 79.9. The van der Waals surface area contributed by atoms with Crippen molar-refractivity contribution >= 4 is 33.5 Å². The highest BCUT2D eigenvalue weighted by molar-refractivity contribution is 9.10. The van der Waals surface area contributed by atoms with Crippen LogP contribution >= 0.6 is 15.9 Å². The minimum atomic E-state index is -0.668. The van der Waals surface area contributed by atoms with Crippen molar-refractivity contribution in [2.75, 3.05) is 38.9 Å². The minimum Gasteiger partial charge on any atom is -0.493 e. The van der Waals surface area contributed by atoms with E-state index in [1.807, 2.05) is 20.8 Å². The van der Waals surface area contributed by atoms with Gasteiger partial charge in [-0.05, 0) is 61.0 Å². The van der Waals surface area contributed by atoms with Gasteiger partial charge in [-0.25, -0.2) is 4.79 Å². The van der Waals surface area contributed by atoms with E-state index < -0.39 is 18.5 Å². The maximum Gasteiger partial charge on any atom is 0.338 e. The van der Waals surface area contributed by atoms with Crippen molar-refractivity contribution in [2.45, 2.75) is 20.8 Å². The summed E-state index contributed by atoms with van der Waals surface area (Å²) >= 11 is 3.35. The molecule has 0 aliphatic rings. The number of methoxy groups -OCH3 is 1. The molecule has 1 amide bonds. The van der Waals surface area contributed by atoms with Gasteiger partial charge in [-0.2, -0.15) is 0 Å². The van der Waals surface area contributed by atoms with Crippen molar-refractivity contribution in [1.29, 1.82) is 0 Å². The van der Waals surface area contributed by atoms with Crippen molar-refractivity contribution in [3.63, 3.8) is 0 Å². The molecule has 31 heavy (non-hydrogen) atoms. The summed E-state index contributed by atoms with van der Waals surface area (Å²) in [6, 6.07) is 8.09. The Morgan fingerprint density at radius 2 is 1.58 bits per heavy atom. The lowest BCUT2D eigenvalue weighted by Gasteiger charge is -2.14. The molecular formula is C22H26BrNO7. The molecule has 0 atom stereocenters. The molecule has 0 aliphatic heterocycles. The van der Waals surface area contributed by atoms with Gasteiger partial charge in [0.15, 0.2) is 29.6 Å². The third-order valence-electron chi connectivity index (χ3n) is 3.92. The number of ether oxygens (including phenoxy) is 5. The summed E-state index contributed by atoms with van der Waals surface area (Å²) in [7, 11) is 1.47. The minimum absolute atomic E-state index is 0.222. The maximum absolute atomic E-state index is 12.4. The highest BCUT2D eigenvalue weighted by Gasteiger charge is 2.17. The van der Waals surface area contributed by atoms with Gasteiger partial charge in [-0.15, -0.1) is 0 Å². The van der Waals surface area contributed by atoms with Crippen LogP contribution in [0.5, 0.6) is 23.0 Å². The van der Waals surface area contributed by atoms with E-state index in [1.54, 1.807) is 24.3 Å². The van der Waals surface area contributed by atoms with Gasteiger partial charge >= 0.3 is 5.97 Å². The topological polar surface area (TPSA) is 92.3 Å². The molecule has 0 fully saturated rings. The number of carbonyl (C=O) groups is 2. The quantitative estimate of drug-likeness (QED) is 0.460. The van der Waals surface area contributed by atoms with Crippen LogP contribution < -0.4 is 24.3 Å². The van der Waals surface area contributed by atoms with Crippen LogP contribution in [0.2, 0.25) is 0 Å². The summed E-state index contributed by atoms with van der Waals surface area (Å²) in [6.45, 7) is 6.50. The Kier molecular flexibility index (Phi) is 9.45. The molecule has 0 aromatic heterocycles. The third-order valence-corrected chi connectivity index (χ3v) is 4.50. The van der Waals surface area contributed by atoms with E-state index >= 15 is 0 Å². The van der Waals surface area contributed by atoms with Gasteiger partial charge in [0.1, 0.15) is 0 Å². The average molecular weight is 496 g/mol. The van der Waals surface area contributed by atoms with E-state index in [1.165, 1.54) is 13.2 Å². The van der Waals surface area contributed by atoms with Gasteiger partial charge in [0.2, 0.25) is 0 Å². The molecule has 0 saturated heterocycles. The molecule has 0 bridgehead atoms. The first kappa shape index (κ1) is 24.3. The number of amides is 1. The number of anilines is 1. The molecule has 168 valence electrons. The van der Waals surface area contributed by atoms with Crippen LogP contribution in [0.4, 0.5) is 5.69 Å². The number of carbonyl (C=O) groups excluding carboxylic acids is 2. The van der Waals surface area contributed by atoms with Crippen molar-refractivity contribution in [3.8, 4) is 23.0 Å². The predicted octanol–water partition coefficient (Wildman–Crippen LogP) is 4.45. The van der Waals surface area contributed by atoms with Crippen molar-refractivity contribution in [3.05, 3.63) is 40.4 Å². The van der Waals surface area contributed by atoms with Crippen LogP contribution in [-0.4, -0.2) is 45.4 Å². The van der Waals surface area contributed by atoms with E-state index in [4.69, 9.17) is 23.7 Å². The van der Waals surface area contributed by atoms with Gasteiger partial charge in [0.05, 0.1) is 37.0 Å². The lowest BCUT2D eigenvalue weighted by molar-refractivity contribution is -0.119. The first-order valence-corrected chi connectivity index (χ1v) is 10.6.